The topological polar surface area (TPSA) is 103 Å². The molecule has 0 aliphatic carbocycles. The third-order valence-corrected chi connectivity index (χ3v) is 4.47. The van der Waals surface area contributed by atoms with E-state index in [-0.39, 0.29) is 5.69 Å². The molecular formula is C15H7N5OS2. The Morgan fingerprint density at radius 1 is 1.22 bits per heavy atom. The smallest absolute Gasteiger partial charge is 0.207 e. The van der Waals surface area contributed by atoms with Gasteiger partial charge in [0.1, 0.15) is 10.7 Å². The van der Waals surface area contributed by atoms with Gasteiger partial charge in [0, 0.05) is 10.9 Å². The zero-order valence-corrected chi connectivity index (χ0v) is 13.1. The van der Waals surface area contributed by atoms with Gasteiger partial charge in [-0.25, -0.2) is 4.98 Å². The van der Waals surface area contributed by atoms with Crippen LogP contribution in [-0.4, -0.2) is 19.5 Å². The molecule has 6 nitrogen and oxygen atoms in total. The summed E-state index contributed by atoms with van der Waals surface area (Å²) >= 11 is 2.17. The van der Waals surface area contributed by atoms with Crippen molar-refractivity contribution in [1.82, 2.24) is 13.7 Å². The summed E-state index contributed by atoms with van der Waals surface area (Å²) in [6.45, 7) is 0. The predicted octanol–water partition coefficient (Wildman–Crippen LogP) is 3.02. The lowest BCUT2D eigenvalue weighted by atomic mass is 10.0. The van der Waals surface area contributed by atoms with E-state index in [0.29, 0.717) is 16.3 Å². The summed E-state index contributed by atoms with van der Waals surface area (Å²) in [6, 6.07) is 11.0. The Labute approximate surface area is 139 Å². The zero-order valence-electron chi connectivity index (χ0n) is 11.5. The molecule has 0 aliphatic rings. The van der Waals surface area contributed by atoms with Crippen molar-refractivity contribution in [1.29, 1.82) is 10.5 Å². The number of hydrogen-bond acceptors (Lipinski definition) is 8. The quantitative estimate of drug-likeness (QED) is 0.678. The van der Waals surface area contributed by atoms with E-state index in [9.17, 15) is 10.1 Å². The predicted molar refractivity (Wildman–Crippen MR) is 84.9 cm³/mol. The van der Waals surface area contributed by atoms with Crippen LogP contribution in [0.3, 0.4) is 0 Å². The second-order valence-electron chi connectivity index (χ2n) is 4.48. The molecule has 23 heavy (non-hydrogen) atoms. The second-order valence-corrected chi connectivity index (χ2v) is 5.93. The van der Waals surface area contributed by atoms with Crippen LogP contribution in [0.15, 0.2) is 35.8 Å². The van der Waals surface area contributed by atoms with Crippen molar-refractivity contribution in [3.63, 3.8) is 0 Å². The van der Waals surface area contributed by atoms with Crippen molar-refractivity contribution < 1.29 is 4.79 Å². The Balaban J connectivity index is 1.89. The van der Waals surface area contributed by atoms with Gasteiger partial charge in [-0.3, -0.25) is 4.79 Å². The fourth-order valence-corrected chi connectivity index (χ4v) is 3.20. The Morgan fingerprint density at radius 3 is 2.61 bits per heavy atom. The number of benzene rings is 1. The van der Waals surface area contributed by atoms with E-state index in [2.05, 4.69) is 19.8 Å². The molecule has 2 heterocycles. The summed E-state index contributed by atoms with van der Waals surface area (Å²) in [5, 5.41) is 20.3. The summed E-state index contributed by atoms with van der Waals surface area (Å²) in [5.74, 6) is -1.39. The molecule has 0 bridgehead atoms. The molecule has 0 radical (unpaired) electrons. The number of Topliss-reactive ketones (excluding diaryl/α,β-unsaturated/α-hetero) is 1. The van der Waals surface area contributed by atoms with Gasteiger partial charge in [0.05, 0.1) is 41.3 Å². The fourth-order valence-electron chi connectivity index (χ4n) is 1.92. The van der Waals surface area contributed by atoms with Crippen molar-refractivity contribution in [3.05, 3.63) is 52.1 Å². The molecule has 1 unspecified atom stereocenters. The van der Waals surface area contributed by atoms with Gasteiger partial charge in [-0.05, 0) is 12.1 Å². The third kappa shape index (κ3) is 2.99. The molecule has 3 aromatic rings. The highest BCUT2D eigenvalue weighted by Gasteiger charge is 2.26. The maximum atomic E-state index is 12.3. The van der Waals surface area contributed by atoms with E-state index in [1.54, 1.807) is 29.6 Å². The van der Waals surface area contributed by atoms with Crippen LogP contribution in [0.2, 0.25) is 0 Å². The SMILES string of the molecule is N#Cc1ccc(-c2csc(C(C#N)C(=O)c3cnsn3)n2)cc1. The molecule has 0 fully saturated rings. The van der Waals surface area contributed by atoms with Gasteiger partial charge in [-0.2, -0.15) is 19.3 Å². The number of nitriles is 2. The monoisotopic (exact) mass is 337 g/mol. The first-order chi connectivity index (χ1) is 11.2. The van der Waals surface area contributed by atoms with Crippen LogP contribution in [0.4, 0.5) is 0 Å². The van der Waals surface area contributed by atoms with Crippen molar-refractivity contribution in [3.8, 4) is 23.4 Å². The number of carbonyl (C=O) groups excluding carboxylic acids is 1. The first kappa shape index (κ1) is 15.0. The number of rotatable bonds is 4. The normalized spacial score (nSPS) is 11.4. The van der Waals surface area contributed by atoms with Crippen LogP contribution in [-0.2, 0) is 0 Å². The van der Waals surface area contributed by atoms with E-state index >= 15 is 0 Å². The Morgan fingerprint density at radius 2 is 2.00 bits per heavy atom. The molecule has 110 valence electrons. The van der Waals surface area contributed by atoms with Crippen LogP contribution < -0.4 is 0 Å². The highest BCUT2D eigenvalue weighted by atomic mass is 32.1. The summed E-state index contributed by atoms with van der Waals surface area (Å²) in [5.41, 5.74) is 2.23. The Hall–Kier alpha value is -2.94. The first-order valence-corrected chi connectivity index (χ1v) is 8.01. The lowest BCUT2D eigenvalue weighted by Crippen LogP contribution is -2.11. The maximum Gasteiger partial charge on any atom is 0.207 e. The molecule has 2 aromatic heterocycles. The van der Waals surface area contributed by atoms with E-state index in [0.717, 1.165) is 17.3 Å². The minimum atomic E-state index is -0.990. The average molecular weight is 337 g/mol. The molecule has 0 saturated heterocycles. The van der Waals surface area contributed by atoms with Crippen molar-refractivity contribution in [2.24, 2.45) is 0 Å². The molecule has 0 saturated carbocycles. The van der Waals surface area contributed by atoms with Gasteiger partial charge in [0.2, 0.25) is 5.78 Å². The van der Waals surface area contributed by atoms with Gasteiger partial charge in [0.15, 0.2) is 5.92 Å². The highest BCUT2D eigenvalue weighted by Crippen LogP contribution is 2.28. The van der Waals surface area contributed by atoms with Crippen molar-refractivity contribution in [2.75, 3.05) is 0 Å². The molecule has 8 heteroatoms. The third-order valence-electron chi connectivity index (χ3n) is 3.08. The molecule has 0 spiro atoms. The molecular weight excluding hydrogens is 330 g/mol. The van der Waals surface area contributed by atoms with Gasteiger partial charge in [-0.15, -0.1) is 11.3 Å². The summed E-state index contributed by atoms with van der Waals surface area (Å²) in [6.07, 6.45) is 1.35. The Bertz CT molecular complexity index is 916. The second kappa shape index (κ2) is 6.44. The van der Waals surface area contributed by atoms with E-state index in [1.807, 2.05) is 6.07 Å². The van der Waals surface area contributed by atoms with Gasteiger partial charge in [-0.1, -0.05) is 12.1 Å². The number of nitrogens with zero attached hydrogens (tertiary/aromatic N) is 5. The highest BCUT2D eigenvalue weighted by molar-refractivity contribution is 7.10. The van der Waals surface area contributed by atoms with Gasteiger partial charge in [0.25, 0.3) is 0 Å². The lowest BCUT2D eigenvalue weighted by molar-refractivity contribution is 0.0975. The van der Waals surface area contributed by atoms with Crippen LogP contribution in [0, 0.1) is 22.7 Å². The lowest BCUT2D eigenvalue weighted by Gasteiger charge is -2.01. The minimum absolute atomic E-state index is 0.177. The van der Waals surface area contributed by atoms with E-state index in [1.165, 1.54) is 17.5 Å². The van der Waals surface area contributed by atoms with Gasteiger partial charge >= 0.3 is 0 Å². The van der Waals surface area contributed by atoms with Crippen LogP contribution in [0.5, 0.6) is 0 Å². The molecule has 0 N–H and O–H groups in total. The number of carbonyl (C=O) groups is 1. The summed E-state index contributed by atoms with van der Waals surface area (Å²) < 4.78 is 7.65. The number of ketones is 1. The largest absolute Gasteiger partial charge is 0.290 e. The van der Waals surface area contributed by atoms with Crippen molar-refractivity contribution >= 4 is 28.8 Å². The molecule has 0 aliphatic heterocycles. The minimum Gasteiger partial charge on any atom is -0.290 e. The molecule has 0 amide bonds. The average Bonchev–Trinajstić information content (AvgIpc) is 3.27. The van der Waals surface area contributed by atoms with E-state index < -0.39 is 11.7 Å². The zero-order chi connectivity index (χ0) is 16.2. The summed E-state index contributed by atoms with van der Waals surface area (Å²) in [4.78, 5) is 16.7. The molecule has 3 rings (SSSR count). The maximum absolute atomic E-state index is 12.3. The fraction of sp³-hybridized carbons (Fsp3) is 0.0667. The van der Waals surface area contributed by atoms with Crippen LogP contribution >= 0.6 is 23.1 Å². The van der Waals surface area contributed by atoms with Crippen molar-refractivity contribution in [2.45, 2.75) is 5.92 Å². The molecule has 1 aromatic carbocycles. The van der Waals surface area contributed by atoms with Crippen LogP contribution in [0.25, 0.3) is 11.3 Å². The number of aromatic nitrogens is 3. The van der Waals surface area contributed by atoms with E-state index in [4.69, 9.17) is 5.26 Å². The molecule has 1 atom stereocenters. The first-order valence-electron chi connectivity index (χ1n) is 6.40. The number of hydrogen-bond donors (Lipinski definition) is 0. The summed E-state index contributed by atoms with van der Waals surface area (Å²) in [7, 11) is 0. The standard InChI is InChI=1S/C15H7N5OS2/c16-5-9-1-3-10(4-2-9)13-8-22-15(19-13)11(6-17)14(21)12-7-18-23-20-12/h1-4,7-8,11H. The number of thiazole rings is 1. The Kier molecular flexibility index (Phi) is 4.20. The van der Waals surface area contributed by atoms with Crippen LogP contribution in [0.1, 0.15) is 27.0 Å². The van der Waals surface area contributed by atoms with Gasteiger partial charge < -0.3 is 0 Å².